The summed E-state index contributed by atoms with van der Waals surface area (Å²) in [6.07, 6.45) is 25.8. The van der Waals surface area contributed by atoms with Gasteiger partial charge in [0.05, 0.1) is 7.11 Å². The second-order valence-electron chi connectivity index (χ2n) is 10.7. The topological polar surface area (TPSA) is 120 Å². The molecule has 0 spiro atoms. The van der Waals surface area contributed by atoms with E-state index in [1.165, 1.54) is 13.8 Å². The molecule has 236 valence electrons. The molecule has 9 heteroatoms. The first-order chi connectivity index (χ1) is 19.9. The average molecular weight is 589 g/mol. The van der Waals surface area contributed by atoms with E-state index in [0.29, 0.717) is 6.42 Å². The van der Waals surface area contributed by atoms with E-state index in [1.54, 1.807) is 20.8 Å². The van der Waals surface area contributed by atoms with Crippen LogP contribution in [0.25, 0.3) is 0 Å². The van der Waals surface area contributed by atoms with Crippen LogP contribution in [0.15, 0.2) is 60.8 Å². The fourth-order valence-electron chi connectivity index (χ4n) is 3.40. The molecule has 0 bridgehead atoms. The second kappa shape index (κ2) is 23.0. The maximum absolute atomic E-state index is 12.5. The molecule has 0 aromatic heterocycles. The normalized spacial score (nSPS) is 14.5. The van der Waals surface area contributed by atoms with Crippen molar-refractivity contribution in [2.75, 3.05) is 7.11 Å². The van der Waals surface area contributed by atoms with Crippen molar-refractivity contribution in [3.05, 3.63) is 60.8 Å². The van der Waals surface area contributed by atoms with Gasteiger partial charge >= 0.3 is 18.0 Å². The van der Waals surface area contributed by atoms with Gasteiger partial charge in [-0.15, -0.1) is 0 Å². The Balaban J connectivity index is 4.30. The Kier molecular flexibility index (Phi) is 21.0. The molecule has 0 fully saturated rings. The molecular weight excluding hydrogens is 536 g/mol. The summed E-state index contributed by atoms with van der Waals surface area (Å²) >= 11 is 0. The van der Waals surface area contributed by atoms with Crippen molar-refractivity contribution in [2.45, 2.75) is 117 Å². The fraction of sp³-hybridized carbons (Fsp3) is 0.576. The number of ether oxygens (including phenoxy) is 3. The molecule has 0 aromatic carbocycles. The molecule has 0 saturated carbocycles. The van der Waals surface area contributed by atoms with Gasteiger partial charge in [-0.2, -0.15) is 0 Å². The van der Waals surface area contributed by atoms with Crippen LogP contribution in [0.5, 0.6) is 0 Å². The molecule has 2 amide bonds. The lowest BCUT2D eigenvalue weighted by Crippen LogP contribution is -2.52. The van der Waals surface area contributed by atoms with Crippen molar-refractivity contribution < 1.29 is 33.4 Å². The molecule has 0 aliphatic rings. The minimum atomic E-state index is -1.28. The lowest BCUT2D eigenvalue weighted by molar-refractivity contribution is -0.158. The van der Waals surface area contributed by atoms with E-state index < -0.39 is 41.8 Å². The summed E-state index contributed by atoms with van der Waals surface area (Å²) in [5.41, 5.74) is -0.780. The Morgan fingerprint density at radius 1 is 0.738 bits per heavy atom. The van der Waals surface area contributed by atoms with Gasteiger partial charge in [0, 0.05) is 6.42 Å². The molecule has 0 rings (SSSR count). The smallest absolute Gasteiger partial charge is 0.408 e. The number of methoxy groups -OCH3 is 1. The maximum Gasteiger partial charge on any atom is 0.408 e. The summed E-state index contributed by atoms with van der Waals surface area (Å²) in [7, 11) is 1.16. The zero-order chi connectivity index (χ0) is 31.8. The van der Waals surface area contributed by atoms with Crippen LogP contribution in [-0.4, -0.2) is 54.8 Å². The third-order valence-corrected chi connectivity index (χ3v) is 5.56. The number of hydrogen-bond acceptors (Lipinski definition) is 7. The zero-order valence-electron chi connectivity index (χ0n) is 26.5. The molecule has 0 aliphatic carbocycles. The van der Waals surface area contributed by atoms with E-state index in [0.717, 1.165) is 45.6 Å². The number of nitrogens with one attached hydrogen (secondary N) is 2. The maximum atomic E-state index is 12.5. The van der Waals surface area contributed by atoms with Gasteiger partial charge in [-0.25, -0.2) is 14.4 Å². The van der Waals surface area contributed by atoms with Gasteiger partial charge in [0.15, 0.2) is 6.04 Å². The molecule has 3 atom stereocenters. The molecule has 42 heavy (non-hydrogen) atoms. The number of carbonyl (C=O) groups is 4. The first kappa shape index (κ1) is 38.4. The number of esters is 2. The summed E-state index contributed by atoms with van der Waals surface area (Å²) in [5.74, 6) is -1.82. The molecule has 0 heterocycles. The number of rotatable bonds is 19. The fourth-order valence-corrected chi connectivity index (χ4v) is 3.40. The van der Waals surface area contributed by atoms with Crippen molar-refractivity contribution >= 4 is 23.9 Å². The highest BCUT2D eigenvalue weighted by Gasteiger charge is 2.33. The van der Waals surface area contributed by atoms with Crippen molar-refractivity contribution in [2.24, 2.45) is 0 Å². The largest absolute Gasteiger partial charge is 0.467 e. The Labute approximate surface area is 252 Å². The molecular formula is C33H52N2O7. The highest BCUT2D eigenvalue weighted by Crippen LogP contribution is 2.10. The number of allylic oxidation sites excluding steroid dienone is 10. The lowest BCUT2D eigenvalue weighted by Gasteiger charge is -2.26. The first-order valence-electron chi connectivity index (χ1n) is 14.7. The summed E-state index contributed by atoms with van der Waals surface area (Å²) in [4.78, 5) is 49.0. The molecule has 3 unspecified atom stereocenters. The van der Waals surface area contributed by atoms with Crippen LogP contribution in [0, 0.1) is 0 Å². The van der Waals surface area contributed by atoms with Gasteiger partial charge in [0.2, 0.25) is 5.91 Å². The van der Waals surface area contributed by atoms with Gasteiger partial charge in [0.25, 0.3) is 0 Å². The summed E-state index contributed by atoms with van der Waals surface area (Å²) in [6.45, 7) is 10.1. The van der Waals surface area contributed by atoms with Crippen LogP contribution in [0.3, 0.4) is 0 Å². The van der Waals surface area contributed by atoms with Gasteiger partial charge < -0.3 is 24.8 Å². The summed E-state index contributed by atoms with van der Waals surface area (Å²) in [6, 6.07) is -2.21. The van der Waals surface area contributed by atoms with E-state index in [2.05, 4.69) is 72.2 Å². The SMILES string of the molecule is CCC=CCC=CCC=CCC=CCC=CCCCC(=O)NC(C)C(=O)OC(C)C(NC(=O)OC(C)(C)C)C(=O)OC. The number of alkyl carbamates (subject to hydrolysis) is 1. The molecule has 9 nitrogen and oxygen atoms in total. The van der Waals surface area contributed by atoms with Crippen LogP contribution in [0.1, 0.15) is 92.9 Å². The summed E-state index contributed by atoms with van der Waals surface area (Å²) in [5, 5.41) is 4.97. The predicted molar refractivity (Wildman–Crippen MR) is 167 cm³/mol. The minimum absolute atomic E-state index is 0.256. The Morgan fingerprint density at radius 2 is 1.24 bits per heavy atom. The number of amides is 2. The highest BCUT2D eigenvalue weighted by molar-refractivity contribution is 5.85. The van der Waals surface area contributed by atoms with Gasteiger partial charge in [0.1, 0.15) is 17.7 Å². The Morgan fingerprint density at radius 3 is 1.71 bits per heavy atom. The quantitative estimate of drug-likeness (QED) is 0.0774. The summed E-state index contributed by atoms with van der Waals surface area (Å²) < 4.78 is 15.2. The van der Waals surface area contributed by atoms with Crippen LogP contribution in [0.4, 0.5) is 4.79 Å². The molecule has 0 saturated heterocycles. The van der Waals surface area contributed by atoms with Gasteiger partial charge in [-0.05, 0) is 79.6 Å². The standard InChI is InChI=1S/C33H52N2O7/c1-8-9-10-11-12-13-14-15-16-17-18-19-20-21-22-23-24-25-28(36)34-26(2)30(37)41-27(3)29(31(38)40-7)35-32(39)42-33(4,5)6/h9-10,12-13,15-16,18-19,21-22,26-27,29H,8,11,14,17,20,23-25H2,1-7H3,(H,34,36)(H,35,39). The van der Waals surface area contributed by atoms with E-state index in [1.807, 2.05) is 6.08 Å². The average Bonchev–Trinajstić information content (AvgIpc) is 2.91. The third kappa shape index (κ3) is 21.2. The van der Waals surface area contributed by atoms with E-state index in [-0.39, 0.29) is 12.3 Å². The minimum Gasteiger partial charge on any atom is -0.467 e. The third-order valence-electron chi connectivity index (χ3n) is 5.56. The van der Waals surface area contributed by atoms with Crippen LogP contribution in [0.2, 0.25) is 0 Å². The van der Waals surface area contributed by atoms with Gasteiger partial charge in [-0.3, -0.25) is 4.79 Å². The number of unbranched alkanes of at least 4 members (excludes halogenated alkanes) is 1. The number of carbonyl (C=O) groups excluding carboxylic acids is 4. The van der Waals surface area contributed by atoms with Crippen molar-refractivity contribution in [1.82, 2.24) is 10.6 Å². The predicted octanol–water partition coefficient (Wildman–Crippen LogP) is 6.41. The monoisotopic (exact) mass is 588 g/mol. The lowest BCUT2D eigenvalue weighted by atomic mass is 10.1. The molecule has 0 aromatic rings. The van der Waals surface area contributed by atoms with Crippen LogP contribution >= 0.6 is 0 Å². The van der Waals surface area contributed by atoms with E-state index in [4.69, 9.17) is 14.2 Å². The molecule has 2 N–H and O–H groups in total. The van der Waals surface area contributed by atoms with Crippen LogP contribution in [-0.2, 0) is 28.6 Å². The Bertz CT molecular complexity index is 958. The highest BCUT2D eigenvalue weighted by atomic mass is 16.6. The van der Waals surface area contributed by atoms with E-state index >= 15 is 0 Å². The molecule has 0 radical (unpaired) electrons. The van der Waals surface area contributed by atoms with Crippen molar-refractivity contribution in [3.63, 3.8) is 0 Å². The van der Waals surface area contributed by atoms with Crippen molar-refractivity contribution in [1.29, 1.82) is 0 Å². The molecule has 0 aliphatic heterocycles. The van der Waals surface area contributed by atoms with Crippen LogP contribution < -0.4 is 10.6 Å². The Hall–Kier alpha value is -3.62. The van der Waals surface area contributed by atoms with Crippen molar-refractivity contribution in [3.8, 4) is 0 Å². The van der Waals surface area contributed by atoms with E-state index in [9.17, 15) is 19.2 Å². The second-order valence-corrected chi connectivity index (χ2v) is 10.7. The first-order valence-corrected chi connectivity index (χ1v) is 14.7. The zero-order valence-corrected chi connectivity index (χ0v) is 26.5. The van der Waals surface area contributed by atoms with Gasteiger partial charge in [-0.1, -0.05) is 67.7 Å². The number of hydrogen-bond donors (Lipinski definition) is 2.